The molecule has 5 rings (SSSR count). The lowest BCUT2D eigenvalue weighted by atomic mass is 10.3. The predicted molar refractivity (Wildman–Crippen MR) is 103 cm³/mol. The first kappa shape index (κ1) is 16.9. The summed E-state index contributed by atoms with van der Waals surface area (Å²) in [6.45, 7) is 3.40. The average Bonchev–Trinajstić information content (AvgIpc) is 3.39. The fourth-order valence-corrected chi connectivity index (χ4v) is 3.66. The summed E-state index contributed by atoms with van der Waals surface area (Å²) >= 11 is 0. The van der Waals surface area contributed by atoms with Gasteiger partial charge in [-0.15, -0.1) is 0 Å². The first-order chi connectivity index (χ1) is 13.6. The van der Waals surface area contributed by atoms with Gasteiger partial charge in [0, 0.05) is 18.4 Å². The van der Waals surface area contributed by atoms with Crippen molar-refractivity contribution in [1.29, 1.82) is 0 Å². The summed E-state index contributed by atoms with van der Waals surface area (Å²) in [7, 11) is 0. The van der Waals surface area contributed by atoms with E-state index in [1.807, 2.05) is 36.1 Å². The van der Waals surface area contributed by atoms with Gasteiger partial charge in [-0.25, -0.2) is 14.1 Å². The zero-order chi connectivity index (χ0) is 19.3. The number of fused-ring (bicyclic) bond motifs is 1. The summed E-state index contributed by atoms with van der Waals surface area (Å²) in [5, 5.41) is 4.56. The number of carbonyl (C=O) groups is 1. The second-order valence-corrected chi connectivity index (χ2v) is 7.19. The van der Waals surface area contributed by atoms with Crippen molar-refractivity contribution in [2.45, 2.75) is 26.1 Å². The van der Waals surface area contributed by atoms with Gasteiger partial charge in [-0.1, -0.05) is 0 Å². The molecule has 0 N–H and O–H groups in total. The molecule has 3 aromatic heterocycles. The number of nitrogens with zero attached hydrogens (tertiary/aromatic N) is 6. The Morgan fingerprint density at radius 2 is 1.93 bits per heavy atom. The number of hydrogen-bond donors (Lipinski definition) is 0. The quantitative estimate of drug-likeness (QED) is 0.701. The molecule has 1 saturated heterocycles. The van der Waals surface area contributed by atoms with Gasteiger partial charge in [0.1, 0.15) is 12.0 Å². The molecular weight excluding hydrogens is 359 g/mol. The van der Waals surface area contributed by atoms with Gasteiger partial charge in [-0.3, -0.25) is 9.78 Å². The summed E-state index contributed by atoms with van der Waals surface area (Å²) in [4.78, 5) is 25.1. The lowest BCUT2D eigenvalue weighted by molar-refractivity contribution is 0.0996. The number of alkyl halides is 1. The molecule has 28 heavy (non-hydrogen) atoms. The second kappa shape index (κ2) is 6.40. The summed E-state index contributed by atoms with van der Waals surface area (Å²) < 4.78 is 15.1. The van der Waals surface area contributed by atoms with Crippen LogP contribution in [0.3, 0.4) is 0 Å². The molecule has 8 heteroatoms. The highest BCUT2D eigenvalue weighted by Crippen LogP contribution is 2.28. The topological polar surface area (TPSA) is 67.2 Å². The molecule has 3 aromatic rings. The number of amides is 1. The molecule has 0 spiro atoms. The molecule has 0 aliphatic carbocycles. The van der Waals surface area contributed by atoms with Gasteiger partial charge in [-0.05, 0) is 37.6 Å². The third-order valence-corrected chi connectivity index (χ3v) is 5.23. The normalized spacial score (nSPS) is 18.8. The highest BCUT2D eigenvalue weighted by atomic mass is 19.1. The van der Waals surface area contributed by atoms with E-state index in [4.69, 9.17) is 0 Å². The minimum Gasteiger partial charge on any atom is -0.354 e. The fourth-order valence-electron chi connectivity index (χ4n) is 3.66. The Balaban J connectivity index is 1.36. The molecule has 0 bridgehead atoms. The monoisotopic (exact) mass is 378 g/mol. The third kappa shape index (κ3) is 2.81. The Bertz CT molecular complexity index is 1030. The number of aromatic nitrogens is 4. The van der Waals surface area contributed by atoms with Gasteiger partial charge in [-0.2, -0.15) is 5.10 Å². The Hall–Kier alpha value is -3.29. The fraction of sp³-hybridized carbons (Fsp3) is 0.300. The number of carbonyl (C=O) groups excluding carboxylic acids is 1. The molecule has 142 valence electrons. The highest BCUT2D eigenvalue weighted by molar-refractivity contribution is 6.09. The van der Waals surface area contributed by atoms with Crippen LogP contribution in [0.2, 0.25) is 0 Å². The van der Waals surface area contributed by atoms with E-state index in [1.165, 1.54) is 0 Å². The summed E-state index contributed by atoms with van der Waals surface area (Å²) in [5.41, 5.74) is 3.76. The molecule has 0 saturated carbocycles. The Morgan fingerprint density at radius 1 is 1.11 bits per heavy atom. The first-order valence-corrected chi connectivity index (χ1v) is 9.27. The zero-order valence-corrected chi connectivity index (χ0v) is 15.4. The Labute approximate surface area is 161 Å². The minimum absolute atomic E-state index is 0.0810. The van der Waals surface area contributed by atoms with Gasteiger partial charge in [0.2, 0.25) is 0 Å². The van der Waals surface area contributed by atoms with E-state index in [0.29, 0.717) is 31.6 Å². The molecule has 2 aliphatic heterocycles. The first-order valence-electron chi connectivity index (χ1n) is 9.27. The number of halogens is 1. The molecular formula is C20H19FN6O. The van der Waals surface area contributed by atoms with E-state index in [1.54, 1.807) is 28.2 Å². The molecule has 0 unspecified atom stereocenters. The van der Waals surface area contributed by atoms with Crippen molar-refractivity contribution in [1.82, 2.24) is 19.7 Å². The second-order valence-electron chi connectivity index (χ2n) is 7.19. The Morgan fingerprint density at radius 3 is 2.57 bits per heavy atom. The van der Waals surface area contributed by atoms with Crippen LogP contribution >= 0.6 is 0 Å². The maximum Gasteiger partial charge on any atom is 0.262 e. The molecule has 7 nitrogen and oxygen atoms in total. The zero-order valence-electron chi connectivity index (χ0n) is 15.4. The summed E-state index contributed by atoms with van der Waals surface area (Å²) in [6.07, 6.45) is 4.91. The largest absolute Gasteiger partial charge is 0.354 e. The molecule has 0 aromatic carbocycles. The molecule has 5 heterocycles. The molecule has 0 radical (unpaired) electrons. The Kier molecular flexibility index (Phi) is 3.85. The number of aryl methyl sites for hydroxylation is 1. The van der Waals surface area contributed by atoms with Gasteiger partial charge >= 0.3 is 0 Å². The van der Waals surface area contributed by atoms with Crippen LogP contribution in [-0.4, -0.2) is 44.9 Å². The SMILES string of the molecule is Cc1ccc(N2Cc3nn(-c4ccc(N5CC[C@@H](F)C5)nc4)cc3C2=O)cn1. The summed E-state index contributed by atoms with van der Waals surface area (Å²) in [6, 6.07) is 7.54. The van der Waals surface area contributed by atoms with Crippen molar-refractivity contribution >= 4 is 17.4 Å². The van der Waals surface area contributed by atoms with E-state index in [2.05, 4.69) is 15.1 Å². The lowest BCUT2D eigenvalue weighted by Gasteiger charge is -2.17. The van der Waals surface area contributed by atoms with Gasteiger partial charge in [0.05, 0.1) is 48.1 Å². The highest BCUT2D eigenvalue weighted by Gasteiger charge is 2.32. The van der Waals surface area contributed by atoms with Crippen molar-refractivity contribution in [3.05, 3.63) is 59.8 Å². The molecule has 1 fully saturated rings. The van der Waals surface area contributed by atoms with Crippen LogP contribution in [0.15, 0.2) is 42.9 Å². The number of rotatable bonds is 3. The maximum absolute atomic E-state index is 13.4. The van der Waals surface area contributed by atoms with Crippen molar-refractivity contribution < 1.29 is 9.18 Å². The smallest absolute Gasteiger partial charge is 0.262 e. The van der Waals surface area contributed by atoms with E-state index in [0.717, 1.165) is 28.6 Å². The van der Waals surface area contributed by atoms with Crippen LogP contribution in [-0.2, 0) is 6.54 Å². The maximum atomic E-state index is 13.4. The standard InChI is InChI=1S/C20H19FN6O/c1-13-2-3-15(8-22-13)26-12-18-17(20(26)28)11-27(24-18)16-4-5-19(23-9-16)25-7-6-14(21)10-25/h2-5,8-9,11,14H,6-7,10,12H2,1H3/t14-/m1/s1. The van der Waals surface area contributed by atoms with Crippen molar-refractivity contribution in [2.75, 3.05) is 22.9 Å². The number of pyridine rings is 2. The lowest BCUT2D eigenvalue weighted by Crippen LogP contribution is -2.24. The average molecular weight is 378 g/mol. The van der Waals surface area contributed by atoms with E-state index < -0.39 is 6.17 Å². The van der Waals surface area contributed by atoms with Gasteiger partial charge in [0.25, 0.3) is 5.91 Å². The van der Waals surface area contributed by atoms with Crippen LogP contribution in [0.5, 0.6) is 0 Å². The van der Waals surface area contributed by atoms with Crippen LogP contribution in [0, 0.1) is 6.92 Å². The number of anilines is 2. The van der Waals surface area contributed by atoms with Crippen molar-refractivity contribution in [3.8, 4) is 5.69 Å². The van der Waals surface area contributed by atoms with Crippen LogP contribution < -0.4 is 9.80 Å². The van der Waals surface area contributed by atoms with Crippen LogP contribution in [0.4, 0.5) is 15.9 Å². The van der Waals surface area contributed by atoms with E-state index in [-0.39, 0.29) is 5.91 Å². The predicted octanol–water partition coefficient (Wildman–Crippen LogP) is 2.68. The molecule has 1 atom stereocenters. The van der Waals surface area contributed by atoms with Crippen LogP contribution in [0.1, 0.15) is 28.2 Å². The third-order valence-electron chi connectivity index (χ3n) is 5.23. The van der Waals surface area contributed by atoms with Gasteiger partial charge in [0.15, 0.2) is 0 Å². The summed E-state index contributed by atoms with van der Waals surface area (Å²) in [5.74, 6) is 0.681. The van der Waals surface area contributed by atoms with Crippen molar-refractivity contribution in [3.63, 3.8) is 0 Å². The van der Waals surface area contributed by atoms with E-state index >= 15 is 0 Å². The van der Waals surface area contributed by atoms with Crippen LogP contribution in [0.25, 0.3) is 5.69 Å². The van der Waals surface area contributed by atoms with Gasteiger partial charge < -0.3 is 9.80 Å². The van der Waals surface area contributed by atoms with Crippen molar-refractivity contribution in [2.24, 2.45) is 0 Å². The number of hydrogen-bond acceptors (Lipinski definition) is 5. The minimum atomic E-state index is -0.784. The molecule has 2 aliphatic rings. The van der Waals surface area contributed by atoms with E-state index in [9.17, 15) is 9.18 Å². The molecule has 1 amide bonds.